The summed E-state index contributed by atoms with van der Waals surface area (Å²) in [7, 11) is -2.93. The monoisotopic (exact) mass is 324 g/mol. The lowest BCUT2D eigenvalue weighted by atomic mass is 9.92. The van der Waals surface area contributed by atoms with Crippen molar-refractivity contribution >= 4 is 15.4 Å². The number of allylic oxidation sites excluding steroid dienone is 1. The first kappa shape index (κ1) is 14.7. The minimum absolute atomic E-state index is 0.171. The predicted molar refractivity (Wildman–Crippen MR) is 94.8 cm³/mol. The maximum Gasteiger partial charge on any atom is 0.159 e. The average Bonchev–Trinajstić information content (AvgIpc) is 2.55. The van der Waals surface area contributed by atoms with Crippen molar-refractivity contribution in [2.75, 3.05) is 0 Å². The summed E-state index contributed by atoms with van der Waals surface area (Å²) >= 11 is 0. The van der Waals surface area contributed by atoms with E-state index in [0.717, 1.165) is 24.8 Å². The minimum atomic E-state index is -2.93. The predicted octanol–water partition coefficient (Wildman–Crippen LogP) is 4.48. The van der Waals surface area contributed by atoms with Gasteiger partial charge in [-0.1, -0.05) is 67.1 Å². The minimum Gasteiger partial charge on any atom is -0.228 e. The van der Waals surface area contributed by atoms with Gasteiger partial charge in [0.2, 0.25) is 0 Å². The van der Waals surface area contributed by atoms with E-state index in [9.17, 15) is 8.42 Å². The van der Waals surface area contributed by atoms with Gasteiger partial charge >= 0.3 is 0 Å². The van der Waals surface area contributed by atoms with Gasteiger partial charge in [0.1, 0.15) is 0 Å². The van der Waals surface area contributed by atoms with Gasteiger partial charge in [-0.25, -0.2) is 8.42 Å². The molecule has 23 heavy (non-hydrogen) atoms. The fourth-order valence-electron chi connectivity index (χ4n) is 3.78. The zero-order chi connectivity index (χ0) is 15.9. The molecular formula is C20H20O2S. The lowest BCUT2D eigenvalue weighted by Gasteiger charge is -2.33. The second kappa shape index (κ2) is 5.64. The molecule has 0 aromatic heterocycles. The van der Waals surface area contributed by atoms with E-state index in [-0.39, 0.29) is 10.5 Å². The Labute approximate surface area is 137 Å². The molecule has 0 spiro atoms. The van der Waals surface area contributed by atoms with Gasteiger partial charge in [0, 0.05) is 0 Å². The quantitative estimate of drug-likeness (QED) is 0.816. The van der Waals surface area contributed by atoms with Crippen LogP contribution < -0.4 is 0 Å². The van der Waals surface area contributed by atoms with Gasteiger partial charge in [-0.2, -0.15) is 0 Å². The Balaban J connectivity index is 1.66. The normalized spacial score (nSPS) is 25.7. The van der Waals surface area contributed by atoms with Crippen molar-refractivity contribution in [3.8, 4) is 11.1 Å². The Morgan fingerprint density at radius 1 is 0.783 bits per heavy atom. The molecule has 2 aliphatic rings. The Kier molecular flexibility index (Phi) is 3.61. The molecule has 1 saturated heterocycles. The van der Waals surface area contributed by atoms with Crippen LogP contribution in [0.1, 0.15) is 31.2 Å². The van der Waals surface area contributed by atoms with Crippen LogP contribution in [0.25, 0.3) is 16.7 Å². The molecule has 2 atom stereocenters. The molecule has 0 amide bonds. The summed E-state index contributed by atoms with van der Waals surface area (Å²) in [5.74, 6) is 0. The molecule has 0 saturated carbocycles. The lowest BCUT2D eigenvalue weighted by Crippen LogP contribution is -2.38. The Bertz CT molecular complexity index is 833. The van der Waals surface area contributed by atoms with Gasteiger partial charge in [-0.15, -0.1) is 0 Å². The summed E-state index contributed by atoms with van der Waals surface area (Å²) in [4.78, 5) is 0. The molecule has 118 valence electrons. The first-order chi connectivity index (χ1) is 11.1. The highest BCUT2D eigenvalue weighted by Gasteiger charge is 2.40. The van der Waals surface area contributed by atoms with Crippen LogP contribution >= 0.6 is 0 Å². The second-order valence-electron chi connectivity index (χ2n) is 6.52. The third kappa shape index (κ3) is 2.63. The summed E-state index contributed by atoms with van der Waals surface area (Å²) in [6.07, 6.45) is 5.31. The Morgan fingerprint density at radius 3 is 2.13 bits per heavy atom. The highest BCUT2D eigenvalue weighted by molar-refractivity contribution is 7.93. The number of fused-ring (bicyclic) bond motifs is 2. The number of hydrogen-bond acceptors (Lipinski definition) is 2. The summed E-state index contributed by atoms with van der Waals surface area (Å²) in [5, 5.41) is -0.436. The van der Waals surface area contributed by atoms with Crippen LogP contribution in [-0.2, 0) is 9.84 Å². The number of hydrogen-bond donors (Lipinski definition) is 0. The first-order valence-corrected chi connectivity index (χ1v) is 9.85. The average molecular weight is 324 g/mol. The topological polar surface area (TPSA) is 34.1 Å². The van der Waals surface area contributed by atoms with E-state index >= 15 is 0 Å². The van der Waals surface area contributed by atoms with Crippen molar-refractivity contribution in [1.29, 1.82) is 0 Å². The second-order valence-corrected chi connectivity index (χ2v) is 8.97. The molecule has 2 nitrogen and oxygen atoms in total. The molecule has 2 heterocycles. The van der Waals surface area contributed by atoms with Crippen molar-refractivity contribution in [3.63, 3.8) is 0 Å². The van der Waals surface area contributed by atoms with E-state index < -0.39 is 9.84 Å². The van der Waals surface area contributed by atoms with Crippen LogP contribution in [0.2, 0.25) is 0 Å². The fourth-order valence-corrected chi connectivity index (χ4v) is 6.03. The third-order valence-electron chi connectivity index (χ3n) is 5.10. The molecule has 4 rings (SSSR count). The molecule has 2 unspecified atom stereocenters. The zero-order valence-electron chi connectivity index (χ0n) is 13.0. The smallest absolute Gasteiger partial charge is 0.159 e. The first-order valence-electron chi connectivity index (χ1n) is 8.24. The number of rotatable bonds is 2. The lowest BCUT2D eigenvalue weighted by molar-refractivity contribution is 0.518. The summed E-state index contributed by atoms with van der Waals surface area (Å²) in [5.41, 5.74) is 4.76. The van der Waals surface area contributed by atoms with Gasteiger partial charge in [0.15, 0.2) is 9.84 Å². The van der Waals surface area contributed by atoms with Crippen LogP contribution in [0, 0.1) is 0 Å². The van der Waals surface area contributed by atoms with E-state index in [1.807, 2.05) is 24.3 Å². The highest BCUT2D eigenvalue weighted by atomic mass is 32.2. The van der Waals surface area contributed by atoms with E-state index in [1.54, 1.807) is 0 Å². The molecule has 2 bridgehead atoms. The summed E-state index contributed by atoms with van der Waals surface area (Å²) in [6, 6.07) is 18.8. The SMILES string of the molecule is O=S1(=O)C2C=C(c3ccc(-c4ccccc4)cc3)CC1CCC2. The third-order valence-corrected chi connectivity index (χ3v) is 7.65. The van der Waals surface area contributed by atoms with Crippen LogP contribution in [-0.4, -0.2) is 18.9 Å². The molecule has 0 aliphatic carbocycles. The van der Waals surface area contributed by atoms with Gasteiger partial charge < -0.3 is 0 Å². The fraction of sp³-hybridized carbons (Fsp3) is 0.300. The Hall–Kier alpha value is -1.87. The van der Waals surface area contributed by atoms with Crippen molar-refractivity contribution in [1.82, 2.24) is 0 Å². The van der Waals surface area contributed by atoms with Crippen LogP contribution in [0.4, 0.5) is 0 Å². The van der Waals surface area contributed by atoms with Crippen LogP contribution in [0.5, 0.6) is 0 Å². The van der Waals surface area contributed by atoms with Gasteiger partial charge in [-0.05, 0) is 41.5 Å². The van der Waals surface area contributed by atoms with Gasteiger partial charge in [0.05, 0.1) is 10.5 Å². The maximum absolute atomic E-state index is 12.4. The highest BCUT2D eigenvalue weighted by Crippen LogP contribution is 2.39. The van der Waals surface area contributed by atoms with Crippen LogP contribution in [0.3, 0.4) is 0 Å². The van der Waals surface area contributed by atoms with Crippen LogP contribution in [0.15, 0.2) is 60.7 Å². The van der Waals surface area contributed by atoms with Gasteiger partial charge in [-0.3, -0.25) is 0 Å². The molecule has 3 heteroatoms. The van der Waals surface area contributed by atoms with Crippen molar-refractivity contribution < 1.29 is 8.42 Å². The largest absolute Gasteiger partial charge is 0.228 e. The molecule has 0 radical (unpaired) electrons. The van der Waals surface area contributed by atoms with Gasteiger partial charge in [0.25, 0.3) is 0 Å². The molecule has 2 aromatic rings. The van der Waals surface area contributed by atoms with E-state index in [4.69, 9.17) is 0 Å². The zero-order valence-corrected chi connectivity index (χ0v) is 13.8. The van der Waals surface area contributed by atoms with E-state index in [2.05, 4.69) is 36.4 Å². The molecule has 2 aliphatic heterocycles. The molecule has 1 fully saturated rings. The standard InChI is InChI=1S/C20H20O2S/c21-23(22)19-7-4-8-20(23)14-18(13-19)17-11-9-16(10-12-17)15-5-2-1-3-6-15/h1-3,5-6,9-13,19-20H,4,7-8,14H2. The van der Waals surface area contributed by atoms with Crippen molar-refractivity contribution in [3.05, 3.63) is 66.2 Å². The molecular weight excluding hydrogens is 304 g/mol. The van der Waals surface area contributed by atoms with Crippen molar-refractivity contribution in [2.45, 2.75) is 36.2 Å². The summed E-state index contributed by atoms with van der Waals surface area (Å²) < 4.78 is 24.7. The van der Waals surface area contributed by atoms with E-state index in [1.165, 1.54) is 16.7 Å². The molecule has 2 aromatic carbocycles. The summed E-state index contributed by atoms with van der Waals surface area (Å²) in [6.45, 7) is 0. The maximum atomic E-state index is 12.4. The molecule has 0 N–H and O–H groups in total. The number of benzene rings is 2. The number of sulfone groups is 1. The van der Waals surface area contributed by atoms with Crippen molar-refractivity contribution in [2.24, 2.45) is 0 Å². The van der Waals surface area contributed by atoms with E-state index in [0.29, 0.717) is 6.42 Å². The Morgan fingerprint density at radius 2 is 1.43 bits per heavy atom.